The summed E-state index contributed by atoms with van der Waals surface area (Å²) in [5, 5.41) is 14.9. The predicted molar refractivity (Wildman–Crippen MR) is 71.5 cm³/mol. The van der Waals surface area contributed by atoms with Crippen LogP contribution < -0.4 is 16.4 Å². The van der Waals surface area contributed by atoms with E-state index in [0.717, 1.165) is 0 Å². The normalized spacial score (nSPS) is 23.3. The molecule has 0 radical (unpaired) electrons. The summed E-state index contributed by atoms with van der Waals surface area (Å²) < 4.78 is 36.5. The van der Waals surface area contributed by atoms with Crippen LogP contribution in [0.1, 0.15) is 19.3 Å². The van der Waals surface area contributed by atoms with Crippen LogP contribution in [0.4, 0.5) is 13.2 Å². The zero-order valence-electron chi connectivity index (χ0n) is 12.1. The van der Waals surface area contributed by atoms with Crippen molar-refractivity contribution in [1.82, 2.24) is 15.5 Å². The number of aliphatic hydroxyl groups is 1. The van der Waals surface area contributed by atoms with Crippen LogP contribution in [0.2, 0.25) is 0 Å². The number of unbranched alkanes of at least 4 members (excludes halogenated alkanes) is 1. The van der Waals surface area contributed by atoms with E-state index in [4.69, 9.17) is 5.73 Å². The Labute approximate surface area is 126 Å². The topological polar surface area (TPSA) is 108 Å². The molecule has 0 aliphatic carbocycles. The molecule has 0 aromatic carbocycles. The fraction of sp³-hybridized carbons (Fsp3) is 0.833. The van der Waals surface area contributed by atoms with Crippen molar-refractivity contribution in [2.45, 2.75) is 31.2 Å². The Morgan fingerprint density at radius 1 is 1.36 bits per heavy atom. The Morgan fingerprint density at radius 2 is 2.05 bits per heavy atom. The van der Waals surface area contributed by atoms with Gasteiger partial charge in [-0.1, -0.05) is 0 Å². The van der Waals surface area contributed by atoms with Gasteiger partial charge in [0.1, 0.15) is 6.54 Å². The highest BCUT2D eigenvalue weighted by molar-refractivity contribution is 5.85. The molecule has 0 aromatic rings. The summed E-state index contributed by atoms with van der Waals surface area (Å²) in [4.78, 5) is 24.0. The lowest BCUT2D eigenvalue weighted by Gasteiger charge is -2.42. The highest BCUT2D eigenvalue weighted by Crippen LogP contribution is 2.18. The highest BCUT2D eigenvalue weighted by atomic mass is 19.4. The first-order valence-electron chi connectivity index (χ1n) is 6.96. The number of nitrogens with zero attached hydrogens (tertiary/aromatic N) is 1. The minimum atomic E-state index is -4.54. The average Bonchev–Trinajstić information content (AvgIpc) is 2.41. The number of nitrogens with one attached hydrogen (secondary N) is 2. The van der Waals surface area contributed by atoms with Crippen LogP contribution in [-0.4, -0.2) is 66.4 Å². The summed E-state index contributed by atoms with van der Waals surface area (Å²) in [7, 11) is 0. The zero-order valence-corrected chi connectivity index (χ0v) is 12.1. The first-order chi connectivity index (χ1) is 10.1. The second kappa shape index (κ2) is 7.75. The number of primary amides is 1. The Hall–Kier alpha value is -1.39. The van der Waals surface area contributed by atoms with Crippen molar-refractivity contribution in [1.29, 1.82) is 0 Å². The summed E-state index contributed by atoms with van der Waals surface area (Å²) in [6, 6.07) is 0. The van der Waals surface area contributed by atoms with Gasteiger partial charge >= 0.3 is 6.18 Å². The van der Waals surface area contributed by atoms with Gasteiger partial charge in [0.05, 0.1) is 0 Å². The van der Waals surface area contributed by atoms with E-state index in [-0.39, 0.29) is 19.5 Å². The predicted octanol–water partition coefficient (Wildman–Crippen LogP) is -1.09. The summed E-state index contributed by atoms with van der Waals surface area (Å²) in [5.74, 6) is -1.54. The van der Waals surface area contributed by atoms with E-state index in [0.29, 0.717) is 25.9 Å². The highest BCUT2D eigenvalue weighted by Gasteiger charge is 2.44. The molecule has 1 aliphatic heterocycles. The van der Waals surface area contributed by atoms with Gasteiger partial charge in [0.2, 0.25) is 11.6 Å². The molecule has 0 bridgehead atoms. The lowest BCUT2D eigenvalue weighted by atomic mass is 10.1. The number of β-amino-alcohol motifs (C(OH)–C–C–N with tert-alkyl or cyclic N) is 1. The van der Waals surface area contributed by atoms with E-state index in [1.165, 1.54) is 4.90 Å². The van der Waals surface area contributed by atoms with Crippen LogP contribution >= 0.6 is 0 Å². The molecule has 128 valence electrons. The number of hydrogen-bond donors (Lipinski definition) is 4. The molecule has 10 heteroatoms. The van der Waals surface area contributed by atoms with E-state index in [1.54, 1.807) is 5.32 Å². The van der Waals surface area contributed by atoms with E-state index in [9.17, 15) is 27.9 Å². The van der Waals surface area contributed by atoms with Crippen LogP contribution in [0.15, 0.2) is 0 Å². The maximum Gasteiger partial charge on any atom is 0.405 e. The quantitative estimate of drug-likeness (QED) is 0.445. The Balaban J connectivity index is 2.57. The minimum absolute atomic E-state index is 0.160. The molecule has 1 aliphatic rings. The number of rotatable bonds is 7. The third-order valence-electron chi connectivity index (χ3n) is 3.37. The van der Waals surface area contributed by atoms with Crippen LogP contribution in [0.3, 0.4) is 0 Å². The molecule has 5 N–H and O–H groups in total. The second-order valence-corrected chi connectivity index (χ2v) is 5.20. The number of carbonyl (C=O) groups is 2. The van der Waals surface area contributed by atoms with Crippen molar-refractivity contribution in [3.8, 4) is 0 Å². The number of carbonyl (C=O) groups excluding carboxylic acids is 2. The van der Waals surface area contributed by atoms with Crippen LogP contribution in [-0.2, 0) is 9.59 Å². The molecule has 7 nitrogen and oxygen atoms in total. The maximum absolute atomic E-state index is 12.2. The van der Waals surface area contributed by atoms with E-state index in [1.807, 2.05) is 0 Å². The number of halogens is 3. The molecular weight excluding hydrogens is 305 g/mol. The maximum atomic E-state index is 12.2. The van der Waals surface area contributed by atoms with E-state index < -0.39 is 30.3 Å². The van der Waals surface area contributed by atoms with Crippen LogP contribution in [0, 0.1) is 0 Å². The first kappa shape index (κ1) is 18.7. The lowest BCUT2D eigenvalue weighted by Crippen LogP contribution is -2.68. The molecule has 0 saturated carbocycles. The third kappa shape index (κ3) is 5.78. The Kier molecular flexibility index (Phi) is 6.57. The summed E-state index contributed by atoms with van der Waals surface area (Å²) in [5.41, 5.74) is 2.98. The monoisotopic (exact) mass is 326 g/mol. The van der Waals surface area contributed by atoms with E-state index in [2.05, 4.69) is 5.32 Å². The van der Waals surface area contributed by atoms with Gasteiger partial charge in [0.25, 0.3) is 5.91 Å². The summed E-state index contributed by atoms with van der Waals surface area (Å²) >= 11 is 0. The average molecular weight is 326 g/mol. The summed E-state index contributed by atoms with van der Waals surface area (Å²) in [6.07, 6.45) is -3.37. The van der Waals surface area contributed by atoms with Crippen LogP contribution in [0.25, 0.3) is 0 Å². The van der Waals surface area contributed by atoms with Crippen LogP contribution in [0.5, 0.6) is 0 Å². The Morgan fingerprint density at radius 3 is 2.64 bits per heavy atom. The second-order valence-electron chi connectivity index (χ2n) is 5.20. The number of amides is 2. The molecule has 1 unspecified atom stereocenters. The van der Waals surface area contributed by atoms with Crippen molar-refractivity contribution in [2.24, 2.45) is 5.73 Å². The zero-order chi connectivity index (χ0) is 16.8. The number of nitrogens with two attached hydrogens (primary N) is 1. The third-order valence-corrected chi connectivity index (χ3v) is 3.37. The molecule has 1 heterocycles. The SMILES string of the molecule is NC(=O)CCCCN1CCNCC1(O)C(=O)NCC(F)(F)F. The molecule has 22 heavy (non-hydrogen) atoms. The molecule has 1 fully saturated rings. The molecule has 0 spiro atoms. The smallest absolute Gasteiger partial charge is 0.370 e. The number of piperazine rings is 1. The van der Waals surface area contributed by atoms with Crippen molar-refractivity contribution in [2.75, 3.05) is 32.7 Å². The number of alkyl halides is 3. The van der Waals surface area contributed by atoms with Gasteiger partial charge < -0.3 is 21.5 Å². The number of hydrogen-bond acceptors (Lipinski definition) is 5. The van der Waals surface area contributed by atoms with Gasteiger partial charge in [0, 0.05) is 32.6 Å². The standard InChI is InChI=1S/C12H21F3N4O3/c13-12(14,15)8-18-10(21)11(22)7-17-4-6-19(11)5-2-1-3-9(16)20/h17,22H,1-8H2,(H2,16,20)(H,18,21). The van der Waals surface area contributed by atoms with Gasteiger partial charge in [0.15, 0.2) is 0 Å². The van der Waals surface area contributed by atoms with Crippen molar-refractivity contribution in [3.63, 3.8) is 0 Å². The van der Waals surface area contributed by atoms with E-state index >= 15 is 0 Å². The molecule has 1 saturated heterocycles. The molecular formula is C12H21F3N4O3. The molecule has 2 amide bonds. The molecule has 1 atom stereocenters. The van der Waals surface area contributed by atoms with Crippen molar-refractivity contribution < 1.29 is 27.9 Å². The van der Waals surface area contributed by atoms with Crippen molar-refractivity contribution in [3.05, 3.63) is 0 Å². The lowest BCUT2D eigenvalue weighted by molar-refractivity contribution is -0.173. The van der Waals surface area contributed by atoms with Crippen molar-refractivity contribution >= 4 is 11.8 Å². The van der Waals surface area contributed by atoms with Gasteiger partial charge in [-0.15, -0.1) is 0 Å². The molecule has 0 aromatic heterocycles. The fourth-order valence-electron chi connectivity index (χ4n) is 2.22. The van der Waals surface area contributed by atoms with Gasteiger partial charge in [-0.05, 0) is 12.8 Å². The minimum Gasteiger partial charge on any atom is -0.370 e. The van der Waals surface area contributed by atoms with Gasteiger partial charge in [-0.3, -0.25) is 14.5 Å². The Bertz CT molecular complexity index is 406. The largest absolute Gasteiger partial charge is 0.405 e. The fourth-order valence-corrected chi connectivity index (χ4v) is 2.22. The van der Waals surface area contributed by atoms with Gasteiger partial charge in [-0.2, -0.15) is 13.2 Å². The molecule has 1 rings (SSSR count). The first-order valence-corrected chi connectivity index (χ1v) is 6.96. The van der Waals surface area contributed by atoms with Gasteiger partial charge in [-0.25, -0.2) is 0 Å². The summed E-state index contributed by atoms with van der Waals surface area (Å²) in [6.45, 7) is -0.557.